The average Bonchev–Trinajstić information content (AvgIpc) is 2.75. The maximum atomic E-state index is 12.3. The minimum Gasteiger partial charge on any atom is -0.508 e. The van der Waals surface area contributed by atoms with Gasteiger partial charge in [0.05, 0.1) is 23.9 Å². The fourth-order valence-corrected chi connectivity index (χ4v) is 2.69. The van der Waals surface area contributed by atoms with Gasteiger partial charge in [-0.1, -0.05) is 23.7 Å². The van der Waals surface area contributed by atoms with E-state index < -0.39 is 11.9 Å². The summed E-state index contributed by atoms with van der Waals surface area (Å²) in [5.74, 6) is -0.445. The Hall–Kier alpha value is -3.84. The van der Waals surface area contributed by atoms with Crippen LogP contribution in [0.1, 0.15) is 26.3 Å². The number of hydrogen-bond acceptors (Lipinski definition) is 6. The number of nitrogens with zero attached hydrogens (tertiary/aromatic N) is 1. The molecule has 0 radical (unpaired) electrons. The van der Waals surface area contributed by atoms with E-state index in [0.717, 1.165) is 0 Å². The Balaban J connectivity index is 1.68. The number of esters is 1. The summed E-state index contributed by atoms with van der Waals surface area (Å²) in [5, 5.41) is 13.4. The van der Waals surface area contributed by atoms with Gasteiger partial charge in [0.25, 0.3) is 5.91 Å². The van der Waals surface area contributed by atoms with Crippen LogP contribution in [0.4, 0.5) is 0 Å². The molecule has 1 amide bonds. The molecule has 0 aliphatic rings. The van der Waals surface area contributed by atoms with Gasteiger partial charge in [-0.25, -0.2) is 10.2 Å². The molecule has 3 rings (SSSR count). The normalized spacial score (nSPS) is 10.6. The number of methoxy groups -OCH3 is 1. The zero-order chi connectivity index (χ0) is 21.5. The minimum absolute atomic E-state index is 0.0671. The van der Waals surface area contributed by atoms with Crippen molar-refractivity contribution in [3.05, 3.63) is 88.4 Å². The highest BCUT2D eigenvalue weighted by atomic mass is 35.5. The van der Waals surface area contributed by atoms with Gasteiger partial charge in [0.15, 0.2) is 11.5 Å². The zero-order valence-electron chi connectivity index (χ0n) is 15.8. The van der Waals surface area contributed by atoms with Crippen molar-refractivity contribution in [2.75, 3.05) is 7.11 Å². The second-order valence-corrected chi connectivity index (χ2v) is 6.43. The van der Waals surface area contributed by atoms with Crippen LogP contribution in [-0.2, 0) is 0 Å². The van der Waals surface area contributed by atoms with Crippen LogP contribution in [0.25, 0.3) is 0 Å². The van der Waals surface area contributed by atoms with Crippen LogP contribution in [-0.4, -0.2) is 30.3 Å². The molecule has 3 aromatic rings. The van der Waals surface area contributed by atoms with E-state index in [-0.39, 0.29) is 22.1 Å². The molecule has 0 saturated carbocycles. The van der Waals surface area contributed by atoms with Gasteiger partial charge >= 0.3 is 5.97 Å². The Morgan fingerprint density at radius 3 is 2.47 bits per heavy atom. The molecule has 8 heteroatoms. The van der Waals surface area contributed by atoms with E-state index in [9.17, 15) is 14.7 Å². The van der Waals surface area contributed by atoms with E-state index in [2.05, 4.69) is 10.5 Å². The summed E-state index contributed by atoms with van der Waals surface area (Å²) in [6.07, 6.45) is 1.42. The van der Waals surface area contributed by atoms with Crippen molar-refractivity contribution in [3.63, 3.8) is 0 Å². The van der Waals surface area contributed by atoms with Crippen LogP contribution < -0.4 is 14.9 Å². The number of aromatic hydroxyl groups is 1. The quantitative estimate of drug-likeness (QED) is 0.269. The number of nitrogens with one attached hydrogen (secondary N) is 1. The summed E-state index contributed by atoms with van der Waals surface area (Å²) in [6.45, 7) is 0. The zero-order valence-corrected chi connectivity index (χ0v) is 16.6. The molecule has 0 aromatic heterocycles. The van der Waals surface area contributed by atoms with E-state index in [1.54, 1.807) is 42.5 Å². The first kappa shape index (κ1) is 20.9. The topological polar surface area (TPSA) is 97.2 Å². The molecule has 0 fully saturated rings. The van der Waals surface area contributed by atoms with Gasteiger partial charge in [0.2, 0.25) is 0 Å². The van der Waals surface area contributed by atoms with Crippen molar-refractivity contribution < 1.29 is 24.2 Å². The molecule has 0 bridgehead atoms. The van der Waals surface area contributed by atoms with Crippen LogP contribution in [0.5, 0.6) is 17.2 Å². The number of carbonyl (C=O) groups is 2. The number of hydrazone groups is 1. The van der Waals surface area contributed by atoms with E-state index in [0.29, 0.717) is 16.9 Å². The number of phenols is 1. The molecule has 0 heterocycles. The van der Waals surface area contributed by atoms with Crippen molar-refractivity contribution in [2.45, 2.75) is 0 Å². The number of hydrogen-bond donors (Lipinski definition) is 2. The Bertz CT molecular complexity index is 1100. The first-order valence-corrected chi connectivity index (χ1v) is 9.13. The number of amides is 1. The van der Waals surface area contributed by atoms with E-state index in [1.807, 2.05) is 0 Å². The third kappa shape index (κ3) is 5.15. The lowest BCUT2D eigenvalue weighted by Crippen LogP contribution is -2.17. The lowest BCUT2D eigenvalue weighted by atomic mass is 10.2. The third-order valence-corrected chi connectivity index (χ3v) is 4.32. The molecule has 2 N–H and O–H groups in total. The number of halogens is 1. The predicted octanol–water partition coefficient (Wildman–Crippen LogP) is 4.04. The van der Waals surface area contributed by atoms with Gasteiger partial charge < -0.3 is 14.6 Å². The monoisotopic (exact) mass is 424 g/mol. The van der Waals surface area contributed by atoms with Gasteiger partial charge in [-0.15, -0.1) is 0 Å². The molecule has 0 unspecified atom stereocenters. The summed E-state index contributed by atoms with van der Waals surface area (Å²) in [6, 6.07) is 17.1. The lowest BCUT2D eigenvalue weighted by molar-refractivity contribution is 0.0729. The number of rotatable bonds is 6. The number of carbonyl (C=O) groups excluding carboxylic acids is 2. The van der Waals surface area contributed by atoms with Crippen LogP contribution in [0.3, 0.4) is 0 Å². The van der Waals surface area contributed by atoms with Gasteiger partial charge in [-0.3, -0.25) is 4.79 Å². The molecular formula is C22H17ClN2O5. The Morgan fingerprint density at radius 2 is 1.77 bits per heavy atom. The molecule has 0 aliphatic heterocycles. The van der Waals surface area contributed by atoms with Crippen molar-refractivity contribution in [3.8, 4) is 17.2 Å². The van der Waals surface area contributed by atoms with Crippen molar-refractivity contribution in [1.82, 2.24) is 5.43 Å². The highest BCUT2D eigenvalue weighted by Crippen LogP contribution is 2.29. The molecule has 0 aliphatic carbocycles. The smallest absolute Gasteiger partial charge is 0.345 e. The highest BCUT2D eigenvalue weighted by Gasteiger charge is 2.15. The molecule has 3 aromatic carbocycles. The maximum absolute atomic E-state index is 12.3. The summed E-state index contributed by atoms with van der Waals surface area (Å²) in [5.41, 5.74) is 3.58. The van der Waals surface area contributed by atoms with Crippen LogP contribution in [0.2, 0.25) is 5.02 Å². The second kappa shape index (κ2) is 9.58. The largest absolute Gasteiger partial charge is 0.508 e. The molecule has 152 valence electrons. The summed E-state index contributed by atoms with van der Waals surface area (Å²) < 4.78 is 10.7. The second-order valence-electron chi connectivity index (χ2n) is 6.03. The van der Waals surface area contributed by atoms with Crippen molar-refractivity contribution >= 4 is 29.7 Å². The van der Waals surface area contributed by atoms with E-state index >= 15 is 0 Å². The van der Waals surface area contributed by atoms with Gasteiger partial charge in [0.1, 0.15) is 5.75 Å². The minimum atomic E-state index is -0.610. The predicted molar refractivity (Wildman–Crippen MR) is 113 cm³/mol. The van der Waals surface area contributed by atoms with Crippen LogP contribution in [0, 0.1) is 0 Å². The summed E-state index contributed by atoms with van der Waals surface area (Å²) in [4.78, 5) is 24.3. The van der Waals surface area contributed by atoms with Gasteiger partial charge in [-0.05, 0) is 60.2 Å². The van der Waals surface area contributed by atoms with Crippen LogP contribution >= 0.6 is 11.6 Å². The molecule has 7 nitrogen and oxygen atoms in total. The molecular weight excluding hydrogens is 408 g/mol. The average molecular weight is 425 g/mol. The Kier molecular flexibility index (Phi) is 6.67. The molecule has 0 spiro atoms. The molecule has 30 heavy (non-hydrogen) atoms. The van der Waals surface area contributed by atoms with Crippen LogP contribution in [0.15, 0.2) is 71.8 Å². The van der Waals surface area contributed by atoms with E-state index in [4.69, 9.17) is 21.1 Å². The maximum Gasteiger partial charge on any atom is 0.345 e. The third-order valence-electron chi connectivity index (χ3n) is 3.99. The summed E-state index contributed by atoms with van der Waals surface area (Å²) in [7, 11) is 1.44. The first-order chi connectivity index (χ1) is 14.5. The lowest BCUT2D eigenvalue weighted by Gasteiger charge is -2.10. The summed E-state index contributed by atoms with van der Waals surface area (Å²) >= 11 is 6.02. The van der Waals surface area contributed by atoms with Crippen molar-refractivity contribution in [2.24, 2.45) is 5.10 Å². The molecule has 0 saturated heterocycles. The van der Waals surface area contributed by atoms with Gasteiger partial charge in [0, 0.05) is 5.56 Å². The standard InChI is InChI=1S/C22H17ClN2O5/c1-29-20-12-14(13-24-25-21(27)15-7-9-16(26)10-8-15)6-11-19(20)30-22(28)17-4-2-3-5-18(17)23/h2-13,26H,1H3,(H,25,27)/b24-13+. The van der Waals surface area contributed by atoms with Crippen molar-refractivity contribution in [1.29, 1.82) is 0 Å². The van der Waals surface area contributed by atoms with E-state index in [1.165, 1.54) is 37.6 Å². The number of ether oxygens (including phenoxy) is 2. The fraction of sp³-hybridized carbons (Fsp3) is 0.0455. The Morgan fingerprint density at radius 1 is 1.03 bits per heavy atom. The number of phenolic OH excluding ortho intramolecular Hbond substituents is 1. The number of benzene rings is 3. The molecule has 0 atom stereocenters. The highest BCUT2D eigenvalue weighted by molar-refractivity contribution is 6.33. The SMILES string of the molecule is COc1cc(/C=N/NC(=O)c2ccc(O)cc2)ccc1OC(=O)c1ccccc1Cl. The first-order valence-electron chi connectivity index (χ1n) is 8.75. The fourth-order valence-electron chi connectivity index (χ4n) is 2.47. The Labute approximate surface area is 177 Å². The van der Waals surface area contributed by atoms with Gasteiger partial charge in [-0.2, -0.15) is 5.10 Å².